The predicted octanol–water partition coefficient (Wildman–Crippen LogP) is 1.74. The molecule has 1 aliphatic carbocycles. The Labute approximate surface area is 125 Å². The summed E-state index contributed by atoms with van der Waals surface area (Å²) in [5.74, 6) is 0.474. The van der Waals surface area contributed by atoms with Gasteiger partial charge in [0.25, 0.3) is 0 Å². The average molecular weight is 286 g/mol. The number of carbonyl (C=O) groups excluding carboxylic acids is 2. The Balaban J connectivity index is 1.79. The molecular formula is C17H22N2O2. The van der Waals surface area contributed by atoms with Gasteiger partial charge in [0.15, 0.2) is 0 Å². The zero-order valence-electron chi connectivity index (χ0n) is 12.4. The Morgan fingerprint density at radius 2 is 1.90 bits per heavy atom. The molecule has 4 heteroatoms. The lowest BCUT2D eigenvalue weighted by Crippen LogP contribution is -2.64. The quantitative estimate of drug-likeness (QED) is 0.896. The van der Waals surface area contributed by atoms with Gasteiger partial charge in [0, 0.05) is 13.0 Å². The summed E-state index contributed by atoms with van der Waals surface area (Å²) in [5, 5.41) is 2.96. The molecule has 0 bridgehead atoms. The van der Waals surface area contributed by atoms with E-state index in [1.54, 1.807) is 4.90 Å². The van der Waals surface area contributed by atoms with Gasteiger partial charge in [-0.2, -0.15) is 0 Å². The standard InChI is InChI=1S/C17H22N2O2/c1-2-10-19-14(11-12-6-4-3-5-7-12)16(20)18-15(17(19)21)13-8-9-13/h3-7,13-15H,2,8-11H2,1H3,(H,18,20). The van der Waals surface area contributed by atoms with Crippen LogP contribution in [0.25, 0.3) is 0 Å². The SMILES string of the molecule is CCCN1C(=O)C(C2CC2)NC(=O)C1Cc1ccccc1. The summed E-state index contributed by atoms with van der Waals surface area (Å²) in [6, 6.07) is 9.27. The topological polar surface area (TPSA) is 49.4 Å². The Morgan fingerprint density at radius 1 is 1.19 bits per heavy atom. The average Bonchev–Trinajstić information content (AvgIpc) is 3.32. The summed E-state index contributed by atoms with van der Waals surface area (Å²) in [7, 11) is 0. The molecule has 2 aliphatic rings. The van der Waals surface area contributed by atoms with E-state index in [2.05, 4.69) is 5.32 Å². The highest BCUT2D eigenvalue weighted by molar-refractivity contribution is 5.97. The molecule has 4 nitrogen and oxygen atoms in total. The van der Waals surface area contributed by atoms with Crippen molar-refractivity contribution >= 4 is 11.8 Å². The zero-order valence-corrected chi connectivity index (χ0v) is 12.4. The van der Waals surface area contributed by atoms with Crippen LogP contribution in [-0.4, -0.2) is 35.3 Å². The lowest BCUT2D eigenvalue weighted by molar-refractivity contribution is -0.150. The second-order valence-corrected chi connectivity index (χ2v) is 6.06. The lowest BCUT2D eigenvalue weighted by Gasteiger charge is -2.39. The molecule has 1 N–H and O–H groups in total. The third-order valence-corrected chi connectivity index (χ3v) is 4.36. The fourth-order valence-corrected chi connectivity index (χ4v) is 3.08. The highest BCUT2D eigenvalue weighted by Crippen LogP contribution is 2.35. The molecule has 2 unspecified atom stereocenters. The van der Waals surface area contributed by atoms with Crippen LogP contribution in [0.5, 0.6) is 0 Å². The molecular weight excluding hydrogens is 264 g/mol. The zero-order chi connectivity index (χ0) is 14.8. The van der Waals surface area contributed by atoms with E-state index in [1.165, 1.54) is 0 Å². The van der Waals surface area contributed by atoms with E-state index in [0.717, 1.165) is 24.8 Å². The van der Waals surface area contributed by atoms with Gasteiger partial charge in [0.2, 0.25) is 11.8 Å². The smallest absolute Gasteiger partial charge is 0.246 e. The third-order valence-electron chi connectivity index (χ3n) is 4.36. The maximum atomic E-state index is 12.7. The Hall–Kier alpha value is -1.84. The maximum absolute atomic E-state index is 12.7. The predicted molar refractivity (Wildman–Crippen MR) is 80.6 cm³/mol. The number of hydrogen-bond acceptors (Lipinski definition) is 2. The number of nitrogens with zero attached hydrogens (tertiary/aromatic N) is 1. The number of nitrogens with one attached hydrogen (secondary N) is 1. The molecule has 0 aromatic heterocycles. The Kier molecular flexibility index (Phi) is 3.95. The summed E-state index contributed by atoms with van der Waals surface area (Å²) in [5.41, 5.74) is 1.09. The van der Waals surface area contributed by atoms with Gasteiger partial charge in [-0.15, -0.1) is 0 Å². The van der Waals surface area contributed by atoms with Crippen LogP contribution in [0.1, 0.15) is 31.7 Å². The number of piperazine rings is 1. The molecule has 1 heterocycles. The van der Waals surface area contributed by atoms with Gasteiger partial charge in [0.1, 0.15) is 12.1 Å². The van der Waals surface area contributed by atoms with Crippen LogP contribution in [0.15, 0.2) is 30.3 Å². The van der Waals surface area contributed by atoms with Crippen LogP contribution in [0.4, 0.5) is 0 Å². The molecule has 2 atom stereocenters. The van der Waals surface area contributed by atoms with E-state index in [9.17, 15) is 9.59 Å². The van der Waals surface area contributed by atoms with Crippen molar-refractivity contribution in [1.29, 1.82) is 0 Å². The van der Waals surface area contributed by atoms with Crippen LogP contribution in [0.3, 0.4) is 0 Å². The van der Waals surface area contributed by atoms with Gasteiger partial charge < -0.3 is 10.2 Å². The van der Waals surface area contributed by atoms with E-state index in [0.29, 0.717) is 18.9 Å². The number of amides is 2. The van der Waals surface area contributed by atoms with Crippen LogP contribution in [-0.2, 0) is 16.0 Å². The Morgan fingerprint density at radius 3 is 2.52 bits per heavy atom. The first-order valence-electron chi connectivity index (χ1n) is 7.85. The molecule has 0 spiro atoms. The van der Waals surface area contributed by atoms with Crippen LogP contribution >= 0.6 is 0 Å². The van der Waals surface area contributed by atoms with Crippen molar-refractivity contribution in [2.24, 2.45) is 5.92 Å². The molecule has 2 amide bonds. The molecule has 2 fully saturated rings. The summed E-state index contributed by atoms with van der Waals surface area (Å²) in [4.78, 5) is 26.9. The lowest BCUT2D eigenvalue weighted by atomic mass is 9.97. The normalized spacial score (nSPS) is 25.9. The highest BCUT2D eigenvalue weighted by atomic mass is 16.2. The first kappa shape index (κ1) is 14.1. The molecule has 1 aromatic rings. The van der Waals surface area contributed by atoms with Crippen LogP contribution < -0.4 is 5.32 Å². The summed E-state index contributed by atoms with van der Waals surface area (Å²) >= 11 is 0. The minimum absolute atomic E-state index is 0.00352. The highest BCUT2D eigenvalue weighted by Gasteiger charge is 2.46. The molecule has 1 saturated heterocycles. The number of rotatable bonds is 5. The minimum Gasteiger partial charge on any atom is -0.342 e. The van der Waals surface area contributed by atoms with Crippen LogP contribution in [0.2, 0.25) is 0 Å². The van der Waals surface area contributed by atoms with E-state index in [1.807, 2.05) is 37.3 Å². The molecule has 112 valence electrons. The van der Waals surface area contributed by atoms with Crippen molar-refractivity contribution in [3.8, 4) is 0 Å². The van der Waals surface area contributed by atoms with Gasteiger partial charge in [0.05, 0.1) is 0 Å². The molecule has 3 rings (SSSR count). The molecule has 0 radical (unpaired) electrons. The van der Waals surface area contributed by atoms with Crippen molar-refractivity contribution in [3.63, 3.8) is 0 Å². The molecule has 1 aromatic carbocycles. The van der Waals surface area contributed by atoms with Crippen molar-refractivity contribution in [1.82, 2.24) is 10.2 Å². The van der Waals surface area contributed by atoms with Crippen molar-refractivity contribution in [2.45, 2.75) is 44.7 Å². The van der Waals surface area contributed by atoms with E-state index < -0.39 is 0 Å². The summed E-state index contributed by atoms with van der Waals surface area (Å²) in [6.07, 6.45) is 3.58. The molecule has 1 saturated carbocycles. The van der Waals surface area contributed by atoms with Crippen LogP contribution in [0, 0.1) is 5.92 Å². The number of carbonyl (C=O) groups is 2. The third kappa shape index (κ3) is 2.94. The van der Waals surface area contributed by atoms with E-state index in [4.69, 9.17) is 0 Å². The molecule has 1 aliphatic heterocycles. The largest absolute Gasteiger partial charge is 0.342 e. The van der Waals surface area contributed by atoms with Gasteiger partial charge in [-0.1, -0.05) is 37.3 Å². The Bertz CT molecular complexity index is 525. The van der Waals surface area contributed by atoms with Crippen molar-refractivity contribution < 1.29 is 9.59 Å². The number of benzene rings is 1. The van der Waals surface area contributed by atoms with Crippen molar-refractivity contribution in [2.75, 3.05) is 6.54 Å². The summed E-state index contributed by atoms with van der Waals surface area (Å²) in [6.45, 7) is 2.71. The van der Waals surface area contributed by atoms with E-state index >= 15 is 0 Å². The monoisotopic (exact) mass is 286 g/mol. The van der Waals surface area contributed by atoms with Gasteiger partial charge in [-0.25, -0.2) is 0 Å². The van der Waals surface area contributed by atoms with Gasteiger partial charge in [-0.3, -0.25) is 9.59 Å². The van der Waals surface area contributed by atoms with Gasteiger partial charge in [-0.05, 0) is 30.7 Å². The van der Waals surface area contributed by atoms with Crippen molar-refractivity contribution in [3.05, 3.63) is 35.9 Å². The fourth-order valence-electron chi connectivity index (χ4n) is 3.08. The maximum Gasteiger partial charge on any atom is 0.246 e. The minimum atomic E-state index is -0.366. The van der Waals surface area contributed by atoms with E-state index in [-0.39, 0.29) is 23.9 Å². The fraction of sp³-hybridized carbons (Fsp3) is 0.529. The molecule has 21 heavy (non-hydrogen) atoms. The summed E-state index contributed by atoms with van der Waals surface area (Å²) < 4.78 is 0. The second-order valence-electron chi connectivity index (χ2n) is 6.06. The van der Waals surface area contributed by atoms with Gasteiger partial charge >= 0.3 is 0 Å². The number of hydrogen-bond donors (Lipinski definition) is 1. The second kappa shape index (κ2) is 5.88. The first-order chi connectivity index (χ1) is 10.2. The first-order valence-corrected chi connectivity index (χ1v) is 7.85.